The average Bonchev–Trinajstić information content (AvgIpc) is 0.874. The van der Waals surface area contributed by atoms with Crippen molar-refractivity contribution in [2.45, 2.75) is 184 Å². The number of β-amino-alcohol motifs (C(OH)–C–C–N with tert-alkyl or cyclic N) is 1. The molecule has 7 saturated heterocycles. The van der Waals surface area contributed by atoms with Crippen LogP contribution < -0.4 is 4.90 Å². The zero-order valence-electron chi connectivity index (χ0n) is 69.0. The van der Waals surface area contributed by atoms with Crippen LogP contribution in [0.1, 0.15) is 145 Å². The largest absolute Gasteiger partial charge is 0.465 e. The molecule has 0 atom stereocenters. The van der Waals surface area contributed by atoms with E-state index in [1.807, 2.05) is 11.0 Å². The van der Waals surface area contributed by atoms with Crippen LogP contribution in [0.15, 0.2) is 18.5 Å². The lowest BCUT2D eigenvalue weighted by Crippen LogP contribution is -2.55. The highest BCUT2D eigenvalue weighted by atomic mass is 32.2. The number of anilines is 1. The molecule has 102 heavy (non-hydrogen) atoms. The molecule has 26 nitrogen and oxygen atoms in total. The van der Waals surface area contributed by atoms with E-state index in [1.165, 1.54) is 37.3 Å². The number of hydrogen-bond acceptors (Lipinski definition) is 21. The monoisotopic (exact) mass is 1460 g/mol. The number of methoxy groups -OCH3 is 2. The van der Waals surface area contributed by atoms with E-state index in [1.54, 1.807) is 31.5 Å². The van der Waals surface area contributed by atoms with E-state index >= 15 is 0 Å². The maximum atomic E-state index is 11.5. The first-order chi connectivity index (χ1) is 47.1. The van der Waals surface area contributed by atoms with Gasteiger partial charge in [0.1, 0.15) is 16.4 Å². The minimum absolute atomic E-state index is 0.00445. The van der Waals surface area contributed by atoms with E-state index in [0.717, 1.165) is 170 Å². The van der Waals surface area contributed by atoms with Gasteiger partial charge in [-0.05, 0) is 151 Å². The molecule has 7 aliphatic rings. The van der Waals surface area contributed by atoms with Gasteiger partial charge in [-0.15, -0.1) is 0 Å². The van der Waals surface area contributed by atoms with Crippen LogP contribution in [-0.2, 0) is 28.9 Å². The molecule has 0 bridgehead atoms. The van der Waals surface area contributed by atoms with Crippen LogP contribution in [0, 0.1) is 6.57 Å². The van der Waals surface area contributed by atoms with E-state index in [9.17, 15) is 22.8 Å². The highest BCUT2D eigenvalue weighted by molar-refractivity contribution is 7.90. The van der Waals surface area contributed by atoms with E-state index < -0.39 is 15.9 Å². The molecule has 3 amide bonds. The lowest BCUT2D eigenvalue weighted by Gasteiger charge is -2.42. The number of nitrogens with zero attached hydrogens (tertiary/aromatic N) is 17. The van der Waals surface area contributed by atoms with E-state index in [2.05, 4.69) is 214 Å². The standard InChI is InChI=1S/C12H20N4.C11H19N3O.C11H24N2O2S.C11H22N2O2.C11H24N2O.C10H22N2O.C9H18N2O2/c1-12(2,3)16-9-7-15(8-10-16)11-13-5-4-6-14-11;1-11(2,3)14-7-5-13(6-8-14)10(15)9-12-4;1-11(2,3)13-7-5-12(6-8-13)9-10-16(4,14)15;1-11(2,3)13-7-5-12(6-8-13)10(14)9-15-4;1-11(2,3)13-7-5-12(6-8-13)9-10-14-4;1-10(2,3)12-6-4-11(5-7-12)8-9-13;1-9(2,3)11-6-4-10(5-7-11)8(12)13/h4-6H,7-10H2,1-3H3;5-9H2,1-3H3;5-10H2,1-4H3;5-9H2,1-4H3;5-10H2,1-4H3;13H,4-9H2,1-3H3;4-7H2,1-3H3,(H,12,13). The number of aliphatic hydroxyl groups excluding tert-OH is 1. The summed E-state index contributed by atoms with van der Waals surface area (Å²) in [5.74, 6) is 1.21. The van der Waals surface area contributed by atoms with Gasteiger partial charge in [-0.25, -0.2) is 29.8 Å². The molecule has 8 rings (SSSR count). The topological polar surface area (TPSA) is 220 Å². The fourth-order valence-corrected chi connectivity index (χ4v) is 13.4. The molecule has 0 radical (unpaired) electrons. The zero-order valence-corrected chi connectivity index (χ0v) is 69.8. The van der Waals surface area contributed by atoms with Gasteiger partial charge in [-0.1, -0.05) is 0 Å². The minimum atomic E-state index is -2.82. The van der Waals surface area contributed by atoms with Crippen molar-refractivity contribution < 1.29 is 42.5 Å². The summed E-state index contributed by atoms with van der Waals surface area (Å²) in [5, 5.41) is 17.5. The van der Waals surface area contributed by atoms with Gasteiger partial charge in [0.2, 0.25) is 11.9 Å². The summed E-state index contributed by atoms with van der Waals surface area (Å²) in [6.45, 7) is 84.6. The third-order valence-corrected chi connectivity index (χ3v) is 20.9. The Morgan fingerprint density at radius 1 is 0.431 bits per heavy atom. The average molecular weight is 1470 g/mol. The van der Waals surface area contributed by atoms with Gasteiger partial charge in [-0.3, -0.25) is 58.6 Å². The maximum absolute atomic E-state index is 11.5. The van der Waals surface area contributed by atoms with Crippen molar-refractivity contribution in [2.75, 3.05) is 260 Å². The molecule has 0 aromatic carbocycles. The Balaban J connectivity index is 0.000000405. The predicted molar refractivity (Wildman–Crippen MR) is 418 cm³/mol. The SMILES string of the molecule is CC(C)(C)N1CCN(C(=O)O)CC1.CC(C)(C)N1CCN(CCO)CC1.CC(C)(C)N1CCN(CCS(C)(=O)=O)CC1.CC(C)(C)N1CCN(c2ncccn2)CC1.COCC(=O)N1CCN(C(C)(C)C)CC1.COCCN1CCN(C(C)(C)C)CC1.[C-]#[N+]CC(=O)N1CCN(C(C)(C)C)CC1. The molecule has 2 N–H and O–H groups in total. The highest BCUT2D eigenvalue weighted by Gasteiger charge is 2.33. The van der Waals surface area contributed by atoms with Crippen molar-refractivity contribution in [1.29, 1.82) is 0 Å². The second-order valence-corrected chi connectivity index (χ2v) is 37.1. The van der Waals surface area contributed by atoms with Gasteiger partial charge >= 0.3 is 12.0 Å². The van der Waals surface area contributed by atoms with E-state index in [-0.39, 0.29) is 65.0 Å². The van der Waals surface area contributed by atoms with E-state index in [0.29, 0.717) is 30.7 Å². The van der Waals surface area contributed by atoms with Crippen LogP contribution in [0.5, 0.6) is 0 Å². The van der Waals surface area contributed by atoms with Crippen LogP contribution in [-0.4, -0.2) is 404 Å². The number of carboxylic acid groups (broad SMARTS) is 1. The summed E-state index contributed by atoms with van der Waals surface area (Å²) in [6, 6.07) is 1.86. The summed E-state index contributed by atoms with van der Waals surface area (Å²) in [6.07, 6.45) is 4.11. The molecular formula is C75H149N17O9S. The highest BCUT2D eigenvalue weighted by Crippen LogP contribution is 2.22. The molecule has 1 aromatic heterocycles. The Morgan fingerprint density at radius 3 is 0.990 bits per heavy atom. The predicted octanol–water partition coefficient (Wildman–Crippen LogP) is 5.79. The molecule has 1 aromatic rings. The molecule has 594 valence electrons. The van der Waals surface area contributed by atoms with Crippen LogP contribution >= 0.6 is 0 Å². The van der Waals surface area contributed by atoms with Crippen molar-refractivity contribution in [3.63, 3.8) is 0 Å². The second-order valence-electron chi connectivity index (χ2n) is 34.8. The van der Waals surface area contributed by atoms with Crippen LogP contribution in [0.3, 0.4) is 0 Å². The first-order valence-electron chi connectivity index (χ1n) is 37.7. The number of amides is 3. The van der Waals surface area contributed by atoms with Gasteiger partial charge in [0, 0.05) is 275 Å². The summed E-state index contributed by atoms with van der Waals surface area (Å²) >= 11 is 0. The molecule has 27 heteroatoms. The number of carbonyl (C=O) groups is 3. The Hall–Kier alpha value is -3.99. The summed E-state index contributed by atoms with van der Waals surface area (Å²) in [5.41, 5.74) is 1.65. The Morgan fingerprint density at radius 2 is 0.716 bits per heavy atom. The third-order valence-electron chi connectivity index (χ3n) is 20.0. The quantitative estimate of drug-likeness (QED) is 0.237. The minimum Gasteiger partial charge on any atom is -0.465 e. The van der Waals surface area contributed by atoms with Crippen molar-refractivity contribution in [3.05, 3.63) is 29.9 Å². The zero-order chi connectivity index (χ0) is 77.5. The number of aromatic nitrogens is 2. The normalized spacial score (nSPS) is 20.2. The number of piperazine rings is 7. The first-order valence-corrected chi connectivity index (χ1v) is 39.8. The number of sulfone groups is 1. The number of rotatable bonds is 12. The summed E-state index contributed by atoms with van der Waals surface area (Å²) in [4.78, 5) is 76.8. The molecular weight excluding hydrogens is 1320 g/mol. The molecule has 0 unspecified atom stereocenters. The number of carbonyl (C=O) groups excluding carboxylic acids is 2. The number of aliphatic hydroxyl groups is 1. The van der Waals surface area contributed by atoms with Crippen molar-refractivity contribution in [3.8, 4) is 0 Å². The fourth-order valence-electron chi connectivity index (χ4n) is 12.8. The molecule has 7 aliphatic heterocycles. The molecule has 0 saturated carbocycles. The van der Waals surface area contributed by atoms with Crippen molar-refractivity contribution in [1.82, 2.24) is 73.7 Å². The Kier molecular flexibility index (Phi) is 40.9. The first kappa shape index (κ1) is 94.1. The lowest BCUT2D eigenvalue weighted by atomic mass is 10.1. The van der Waals surface area contributed by atoms with Crippen LogP contribution in [0.2, 0.25) is 0 Å². The van der Waals surface area contributed by atoms with Crippen molar-refractivity contribution in [2.24, 2.45) is 0 Å². The van der Waals surface area contributed by atoms with Gasteiger partial charge in [0.25, 0.3) is 6.54 Å². The second kappa shape index (κ2) is 44.3. The van der Waals surface area contributed by atoms with E-state index in [4.69, 9.17) is 26.3 Å². The Bertz CT molecular complexity index is 2610. The van der Waals surface area contributed by atoms with Crippen molar-refractivity contribution >= 4 is 33.7 Å². The van der Waals surface area contributed by atoms with Crippen LogP contribution in [0.4, 0.5) is 10.7 Å². The summed E-state index contributed by atoms with van der Waals surface area (Å²) in [7, 11) is 0.507. The number of hydrogen-bond donors (Lipinski definition) is 2. The molecule has 7 fully saturated rings. The van der Waals surface area contributed by atoms with Gasteiger partial charge < -0.3 is 44.1 Å². The van der Waals surface area contributed by atoms with Gasteiger partial charge in [-0.2, -0.15) is 0 Å². The maximum Gasteiger partial charge on any atom is 0.407 e. The fraction of sp³-hybridized carbons (Fsp3) is 0.893. The molecule has 0 aliphatic carbocycles. The summed E-state index contributed by atoms with van der Waals surface area (Å²) < 4.78 is 32.1. The molecule has 8 heterocycles. The van der Waals surface area contributed by atoms with Gasteiger partial charge in [0.05, 0.1) is 19.0 Å². The Labute approximate surface area is 621 Å². The lowest BCUT2D eigenvalue weighted by molar-refractivity contribution is -0.137. The smallest absolute Gasteiger partial charge is 0.407 e. The number of ether oxygens (including phenoxy) is 2. The van der Waals surface area contributed by atoms with Crippen LogP contribution in [0.25, 0.3) is 4.85 Å². The molecule has 0 spiro atoms. The van der Waals surface area contributed by atoms with Gasteiger partial charge in [0.15, 0.2) is 0 Å². The third kappa shape index (κ3) is 38.0.